The first-order chi connectivity index (χ1) is 11.1. The second-order valence-electron chi connectivity index (χ2n) is 8.15. The third kappa shape index (κ3) is 4.48. The van der Waals surface area contributed by atoms with Gasteiger partial charge in [0.1, 0.15) is 12.2 Å². The lowest BCUT2D eigenvalue weighted by molar-refractivity contribution is -0.150. The van der Waals surface area contributed by atoms with Crippen LogP contribution in [0.15, 0.2) is 23.3 Å². The molecule has 0 bridgehead atoms. The number of aliphatic hydroxyl groups is 1. The Morgan fingerprint density at radius 3 is 2.71 bits per heavy atom. The van der Waals surface area contributed by atoms with Crippen molar-refractivity contribution in [1.82, 2.24) is 0 Å². The van der Waals surface area contributed by atoms with Crippen LogP contribution in [0, 0.1) is 11.8 Å². The summed E-state index contributed by atoms with van der Waals surface area (Å²) in [6, 6.07) is 0. The van der Waals surface area contributed by atoms with E-state index in [0.29, 0.717) is 6.42 Å². The number of ether oxygens (including phenoxy) is 2. The summed E-state index contributed by atoms with van der Waals surface area (Å²) in [4.78, 5) is 12.2. The number of rotatable bonds is 3. The van der Waals surface area contributed by atoms with Crippen molar-refractivity contribution < 1.29 is 19.4 Å². The number of aliphatic hydroxyl groups excluding tert-OH is 1. The number of esters is 1. The molecule has 0 aromatic rings. The normalized spacial score (nSPS) is 38.6. The maximum atomic E-state index is 12.2. The summed E-state index contributed by atoms with van der Waals surface area (Å²) < 4.78 is 11.6. The standard InChI is InChI=1S/C20H32O4/c1-12(2)10-16(21)23-15-11-14(5)8-7-9-20(6)19(24-20)18(22)17(15)13(3)4/h8,10,13,15,17-19,22H,7,9,11H2,1-6H3/b14-8+/t15-,17+,18+,19+,20-/m0/s1. The van der Waals surface area contributed by atoms with Gasteiger partial charge in [0.15, 0.2) is 0 Å². The van der Waals surface area contributed by atoms with Gasteiger partial charge in [0.05, 0.1) is 11.7 Å². The third-order valence-corrected chi connectivity index (χ3v) is 5.18. The summed E-state index contributed by atoms with van der Waals surface area (Å²) in [5.41, 5.74) is 1.85. The number of epoxide rings is 1. The minimum absolute atomic E-state index is 0.146. The number of allylic oxidation sites excluding steroid dienone is 2. The lowest BCUT2D eigenvalue weighted by atomic mass is 9.78. The highest BCUT2D eigenvalue weighted by Gasteiger charge is 2.58. The zero-order chi connectivity index (χ0) is 18.1. The Balaban J connectivity index is 2.29. The molecule has 1 saturated heterocycles. The van der Waals surface area contributed by atoms with Crippen LogP contribution in [-0.2, 0) is 14.3 Å². The summed E-state index contributed by atoms with van der Waals surface area (Å²) in [6.07, 6.45) is 5.09. The molecule has 1 heterocycles. The van der Waals surface area contributed by atoms with E-state index in [1.165, 1.54) is 11.6 Å². The Hall–Kier alpha value is -1.13. The SMILES string of the molecule is CC(C)=CC(=O)O[C@H]1C/C(C)=C/CC[C@]2(C)O[C@@H]2[C@H](O)[C@@H]1C(C)C. The van der Waals surface area contributed by atoms with Gasteiger partial charge in [0.2, 0.25) is 0 Å². The average Bonchev–Trinajstić information content (AvgIpc) is 3.08. The first-order valence-electron chi connectivity index (χ1n) is 9.01. The Labute approximate surface area is 145 Å². The minimum atomic E-state index is -0.620. The predicted molar refractivity (Wildman–Crippen MR) is 94.5 cm³/mol. The van der Waals surface area contributed by atoms with Crippen LogP contribution in [0.4, 0.5) is 0 Å². The highest BCUT2D eigenvalue weighted by Crippen LogP contribution is 2.47. The van der Waals surface area contributed by atoms with Crippen molar-refractivity contribution >= 4 is 5.97 Å². The fourth-order valence-corrected chi connectivity index (χ4v) is 3.81. The molecular weight excluding hydrogens is 304 g/mol. The molecule has 0 unspecified atom stereocenters. The van der Waals surface area contributed by atoms with Gasteiger partial charge in [0.25, 0.3) is 0 Å². The zero-order valence-corrected chi connectivity index (χ0v) is 15.8. The fraction of sp³-hybridized carbons (Fsp3) is 0.750. The van der Waals surface area contributed by atoms with Crippen LogP contribution < -0.4 is 0 Å². The first-order valence-corrected chi connectivity index (χ1v) is 9.01. The van der Waals surface area contributed by atoms with E-state index >= 15 is 0 Å². The van der Waals surface area contributed by atoms with Gasteiger partial charge in [-0.2, -0.15) is 0 Å². The van der Waals surface area contributed by atoms with Crippen molar-refractivity contribution in [3.63, 3.8) is 0 Å². The van der Waals surface area contributed by atoms with Crippen LogP contribution in [0.5, 0.6) is 0 Å². The molecule has 24 heavy (non-hydrogen) atoms. The van der Waals surface area contributed by atoms with E-state index in [-0.39, 0.29) is 35.6 Å². The van der Waals surface area contributed by atoms with Crippen LogP contribution in [-0.4, -0.2) is 35.0 Å². The molecule has 0 radical (unpaired) electrons. The summed E-state index contributed by atoms with van der Waals surface area (Å²) in [7, 11) is 0. The van der Waals surface area contributed by atoms with E-state index in [1.807, 2.05) is 13.8 Å². The number of hydrogen-bond donors (Lipinski definition) is 1. The van der Waals surface area contributed by atoms with E-state index in [4.69, 9.17) is 9.47 Å². The van der Waals surface area contributed by atoms with Gasteiger partial charge in [-0.25, -0.2) is 4.79 Å². The van der Waals surface area contributed by atoms with Gasteiger partial charge in [-0.1, -0.05) is 31.1 Å². The van der Waals surface area contributed by atoms with Gasteiger partial charge < -0.3 is 14.6 Å². The Morgan fingerprint density at radius 2 is 2.12 bits per heavy atom. The molecule has 1 fully saturated rings. The molecule has 2 rings (SSSR count). The largest absolute Gasteiger partial charge is 0.458 e. The monoisotopic (exact) mass is 336 g/mol. The van der Waals surface area contributed by atoms with Crippen molar-refractivity contribution in [3.05, 3.63) is 23.3 Å². The van der Waals surface area contributed by atoms with Crippen molar-refractivity contribution in [2.45, 2.75) is 84.7 Å². The lowest BCUT2D eigenvalue weighted by Gasteiger charge is -2.34. The fourth-order valence-electron chi connectivity index (χ4n) is 3.81. The summed E-state index contributed by atoms with van der Waals surface area (Å²) >= 11 is 0. The second kappa shape index (κ2) is 7.40. The van der Waals surface area contributed by atoms with E-state index < -0.39 is 6.10 Å². The highest BCUT2D eigenvalue weighted by molar-refractivity contribution is 5.82. The summed E-state index contributed by atoms with van der Waals surface area (Å²) in [6.45, 7) is 12.0. The summed E-state index contributed by atoms with van der Waals surface area (Å²) in [5.74, 6) is -0.292. The van der Waals surface area contributed by atoms with Crippen LogP contribution in [0.1, 0.15) is 60.8 Å². The molecule has 0 spiro atoms. The van der Waals surface area contributed by atoms with E-state index in [1.54, 1.807) is 0 Å². The minimum Gasteiger partial charge on any atom is -0.458 e. The summed E-state index contributed by atoms with van der Waals surface area (Å²) in [5, 5.41) is 10.9. The average molecular weight is 336 g/mol. The Kier molecular flexibility index (Phi) is 5.92. The van der Waals surface area contributed by atoms with Gasteiger partial charge in [-0.05, 0) is 46.5 Å². The maximum Gasteiger partial charge on any atom is 0.330 e. The molecular formula is C20H32O4. The molecule has 5 atom stereocenters. The van der Waals surface area contributed by atoms with Crippen molar-refractivity contribution in [1.29, 1.82) is 0 Å². The molecule has 4 nitrogen and oxygen atoms in total. The van der Waals surface area contributed by atoms with Crippen molar-refractivity contribution in [3.8, 4) is 0 Å². The maximum absolute atomic E-state index is 12.2. The smallest absolute Gasteiger partial charge is 0.330 e. The Bertz CT molecular complexity index is 530. The molecule has 0 aromatic carbocycles. The molecule has 4 heteroatoms. The predicted octanol–water partition coefficient (Wildman–Crippen LogP) is 3.79. The molecule has 2 aliphatic rings. The van der Waals surface area contributed by atoms with Crippen LogP contribution in [0.3, 0.4) is 0 Å². The van der Waals surface area contributed by atoms with Gasteiger partial charge in [-0.3, -0.25) is 0 Å². The number of fused-ring (bicyclic) bond motifs is 1. The topological polar surface area (TPSA) is 59.1 Å². The van der Waals surface area contributed by atoms with Crippen LogP contribution in [0.2, 0.25) is 0 Å². The highest BCUT2D eigenvalue weighted by atomic mass is 16.6. The van der Waals surface area contributed by atoms with E-state index in [2.05, 4.69) is 33.8 Å². The number of hydrogen-bond acceptors (Lipinski definition) is 4. The van der Waals surface area contributed by atoms with E-state index in [9.17, 15) is 9.90 Å². The van der Waals surface area contributed by atoms with Gasteiger partial charge in [-0.15, -0.1) is 0 Å². The molecule has 0 saturated carbocycles. The number of carbonyl (C=O) groups excluding carboxylic acids is 1. The van der Waals surface area contributed by atoms with Gasteiger partial charge in [0, 0.05) is 18.4 Å². The zero-order valence-electron chi connectivity index (χ0n) is 15.8. The number of carbonyl (C=O) groups is 1. The van der Waals surface area contributed by atoms with Crippen LogP contribution in [0.25, 0.3) is 0 Å². The molecule has 0 amide bonds. The molecule has 1 N–H and O–H groups in total. The first kappa shape index (κ1) is 19.2. The lowest BCUT2D eigenvalue weighted by Crippen LogP contribution is -2.43. The molecule has 136 valence electrons. The molecule has 0 aromatic heterocycles. The van der Waals surface area contributed by atoms with Crippen molar-refractivity contribution in [2.24, 2.45) is 11.8 Å². The van der Waals surface area contributed by atoms with Crippen LogP contribution >= 0.6 is 0 Å². The van der Waals surface area contributed by atoms with Gasteiger partial charge >= 0.3 is 5.97 Å². The second-order valence-corrected chi connectivity index (χ2v) is 8.15. The quantitative estimate of drug-likeness (QED) is 0.369. The third-order valence-electron chi connectivity index (χ3n) is 5.18. The molecule has 1 aliphatic heterocycles. The van der Waals surface area contributed by atoms with E-state index in [0.717, 1.165) is 18.4 Å². The molecule has 1 aliphatic carbocycles. The van der Waals surface area contributed by atoms with Crippen molar-refractivity contribution in [2.75, 3.05) is 0 Å². The Morgan fingerprint density at radius 1 is 1.46 bits per heavy atom.